The first-order valence-corrected chi connectivity index (χ1v) is 9.50. The van der Waals surface area contributed by atoms with Crippen molar-refractivity contribution in [3.05, 3.63) is 78.8 Å². The SMILES string of the molecule is O=C(Nc1nn(Cc2ccc(Cl)c(Cl)c2)cc1Br)c1cccc(Br)c1. The van der Waals surface area contributed by atoms with Gasteiger partial charge in [0, 0.05) is 16.2 Å². The van der Waals surface area contributed by atoms with Crippen LogP contribution in [0.25, 0.3) is 0 Å². The molecule has 0 aliphatic rings. The highest BCUT2D eigenvalue weighted by Gasteiger charge is 2.13. The van der Waals surface area contributed by atoms with E-state index >= 15 is 0 Å². The molecule has 8 heteroatoms. The van der Waals surface area contributed by atoms with Gasteiger partial charge in [-0.15, -0.1) is 0 Å². The van der Waals surface area contributed by atoms with E-state index in [1.165, 1.54) is 0 Å². The number of hydrogen-bond donors (Lipinski definition) is 1. The van der Waals surface area contributed by atoms with Crippen LogP contribution in [-0.2, 0) is 6.54 Å². The van der Waals surface area contributed by atoms with Gasteiger partial charge in [0.25, 0.3) is 5.91 Å². The molecule has 1 aromatic heterocycles. The van der Waals surface area contributed by atoms with Crippen molar-refractivity contribution in [2.45, 2.75) is 6.54 Å². The topological polar surface area (TPSA) is 46.9 Å². The predicted octanol–water partition coefficient (Wildman–Crippen LogP) is 6.02. The first-order chi connectivity index (χ1) is 11.9. The molecule has 4 nitrogen and oxygen atoms in total. The van der Waals surface area contributed by atoms with Gasteiger partial charge in [-0.25, -0.2) is 0 Å². The summed E-state index contributed by atoms with van der Waals surface area (Å²) in [5, 5.41) is 8.19. The number of nitrogens with one attached hydrogen (secondary N) is 1. The largest absolute Gasteiger partial charge is 0.304 e. The summed E-state index contributed by atoms with van der Waals surface area (Å²) in [7, 11) is 0. The first kappa shape index (κ1) is 18.5. The van der Waals surface area contributed by atoms with Gasteiger partial charge in [0.05, 0.1) is 21.1 Å². The molecule has 0 radical (unpaired) electrons. The molecular weight excluding hydrogens is 493 g/mol. The van der Waals surface area contributed by atoms with E-state index in [4.69, 9.17) is 23.2 Å². The Morgan fingerprint density at radius 1 is 1.12 bits per heavy atom. The lowest BCUT2D eigenvalue weighted by Gasteiger charge is -2.05. The van der Waals surface area contributed by atoms with Crippen LogP contribution in [-0.4, -0.2) is 15.7 Å². The fraction of sp³-hybridized carbons (Fsp3) is 0.0588. The third kappa shape index (κ3) is 4.64. The van der Waals surface area contributed by atoms with Crippen LogP contribution in [0.3, 0.4) is 0 Å². The van der Waals surface area contributed by atoms with E-state index in [1.807, 2.05) is 12.1 Å². The molecule has 0 saturated carbocycles. The molecule has 2 aromatic carbocycles. The highest BCUT2D eigenvalue weighted by Crippen LogP contribution is 2.25. The van der Waals surface area contributed by atoms with Crippen LogP contribution >= 0.6 is 55.1 Å². The Balaban J connectivity index is 1.76. The Hall–Kier alpha value is -1.34. The lowest BCUT2D eigenvalue weighted by molar-refractivity contribution is 0.102. The van der Waals surface area contributed by atoms with Crippen molar-refractivity contribution in [2.75, 3.05) is 5.32 Å². The standard InChI is InChI=1S/C17H11Br2Cl2N3O/c18-12-3-1-2-11(7-12)17(25)22-16-13(19)9-24(23-16)8-10-4-5-14(20)15(21)6-10/h1-7,9H,8H2,(H,22,23,25). The van der Waals surface area contributed by atoms with Crippen LogP contribution in [0, 0.1) is 0 Å². The molecule has 25 heavy (non-hydrogen) atoms. The van der Waals surface area contributed by atoms with Crippen LogP contribution < -0.4 is 5.32 Å². The maximum atomic E-state index is 12.3. The number of aromatic nitrogens is 2. The van der Waals surface area contributed by atoms with Crippen molar-refractivity contribution in [1.82, 2.24) is 9.78 Å². The average Bonchev–Trinajstić information content (AvgIpc) is 2.90. The van der Waals surface area contributed by atoms with E-state index in [0.29, 0.717) is 32.4 Å². The quantitative estimate of drug-likeness (QED) is 0.473. The molecule has 0 fully saturated rings. The van der Waals surface area contributed by atoms with Gasteiger partial charge in [0.2, 0.25) is 0 Å². The molecule has 0 saturated heterocycles. The van der Waals surface area contributed by atoms with E-state index in [1.54, 1.807) is 41.2 Å². The highest BCUT2D eigenvalue weighted by molar-refractivity contribution is 9.10. The van der Waals surface area contributed by atoms with E-state index in [2.05, 4.69) is 42.3 Å². The Morgan fingerprint density at radius 3 is 2.64 bits per heavy atom. The zero-order chi connectivity index (χ0) is 18.0. The summed E-state index contributed by atoms with van der Waals surface area (Å²) in [5.41, 5.74) is 1.49. The summed E-state index contributed by atoms with van der Waals surface area (Å²) in [4.78, 5) is 12.3. The van der Waals surface area contributed by atoms with Crippen LogP contribution in [0.15, 0.2) is 57.6 Å². The Bertz CT molecular complexity index is 943. The molecule has 0 aliphatic carbocycles. The number of carbonyl (C=O) groups is 1. The van der Waals surface area contributed by atoms with Crippen molar-refractivity contribution < 1.29 is 4.79 Å². The molecule has 128 valence electrons. The second-order valence-electron chi connectivity index (χ2n) is 5.24. The second kappa shape index (κ2) is 7.91. The zero-order valence-electron chi connectivity index (χ0n) is 12.6. The summed E-state index contributed by atoms with van der Waals surface area (Å²) in [5.74, 6) is 0.215. The van der Waals surface area contributed by atoms with Crippen molar-refractivity contribution in [3.63, 3.8) is 0 Å². The zero-order valence-corrected chi connectivity index (χ0v) is 17.3. The fourth-order valence-electron chi connectivity index (χ4n) is 2.20. The molecule has 0 bridgehead atoms. The minimum atomic E-state index is -0.234. The van der Waals surface area contributed by atoms with Gasteiger partial charge < -0.3 is 5.32 Å². The van der Waals surface area contributed by atoms with Crippen molar-refractivity contribution >= 4 is 66.8 Å². The number of benzene rings is 2. The lowest BCUT2D eigenvalue weighted by atomic mass is 10.2. The minimum Gasteiger partial charge on any atom is -0.304 e. The number of rotatable bonds is 4. The van der Waals surface area contributed by atoms with Crippen molar-refractivity contribution in [3.8, 4) is 0 Å². The summed E-state index contributed by atoms with van der Waals surface area (Å²) in [6.07, 6.45) is 1.79. The van der Waals surface area contributed by atoms with Gasteiger partial charge in [0.15, 0.2) is 5.82 Å². The first-order valence-electron chi connectivity index (χ1n) is 7.16. The van der Waals surface area contributed by atoms with Gasteiger partial charge >= 0.3 is 0 Å². The molecule has 3 rings (SSSR count). The van der Waals surface area contributed by atoms with Gasteiger partial charge in [-0.05, 0) is 51.8 Å². The molecule has 0 unspecified atom stereocenters. The molecular formula is C17H11Br2Cl2N3O. The molecule has 3 aromatic rings. The summed E-state index contributed by atoms with van der Waals surface area (Å²) >= 11 is 18.7. The van der Waals surface area contributed by atoms with Crippen molar-refractivity contribution in [1.29, 1.82) is 0 Å². The Kier molecular flexibility index (Phi) is 5.84. The smallest absolute Gasteiger partial charge is 0.256 e. The van der Waals surface area contributed by atoms with Crippen LogP contribution in [0.5, 0.6) is 0 Å². The maximum absolute atomic E-state index is 12.3. The number of amides is 1. The number of halogens is 4. The monoisotopic (exact) mass is 501 g/mol. The minimum absolute atomic E-state index is 0.234. The van der Waals surface area contributed by atoms with Gasteiger partial charge in [0.1, 0.15) is 0 Å². The van der Waals surface area contributed by atoms with Gasteiger partial charge in [-0.2, -0.15) is 5.10 Å². The maximum Gasteiger partial charge on any atom is 0.256 e. The average molecular weight is 504 g/mol. The Morgan fingerprint density at radius 2 is 1.92 bits per heavy atom. The third-order valence-electron chi connectivity index (χ3n) is 3.36. The summed E-state index contributed by atoms with van der Waals surface area (Å²) < 4.78 is 3.24. The molecule has 0 aliphatic heterocycles. The van der Waals surface area contributed by atoms with Crippen LogP contribution in [0.1, 0.15) is 15.9 Å². The van der Waals surface area contributed by atoms with E-state index < -0.39 is 0 Å². The third-order valence-corrected chi connectivity index (χ3v) is 5.18. The normalized spacial score (nSPS) is 10.7. The van der Waals surface area contributed by atoms with E-state index in [-0.39, 0.29) is 5.91 Å². The molecule has 1 amide bonds. The second-order valence-corrected chi connectivity index (χ2v) is 7.82. The summed E-state index contributed by atoms with van der Waals surface area (Å²) in [6.45, 7) is 0.502. The predicted molar refractivity (Wildman–Crippen MR) is 108 cm³/mol. The molecule has 1 heterocycles. The van der Waals surface area contributed by atoms with Gasteiger partial charge in [-0.1, -0.05) is 51.3 Å². The van der Waals surface area contributed by atoms with Gasteiger partial charge in [-0.3, -0.25) is 9.48 Å². The Labute approximate surface area is 171 Å². The number of hydrogen-bond acceptors (Lipinski definition) is 2. The van der Waals surface area contributed by atoms with E-state index in [9.17, 15) is 4.79 Å². The summed E-state index contributed by atoms with van der Waals surface area (Å²) in [6, 6.07) is 12.6. The molecule has 1 N–H and O–H groups in total. The molecule has 0 spiro atoms. The molecule has 0 atom stereocenters. The lowest BCUT2D eigenvalue weighted by Crippen LogP contribution is -2.13. The van der Waals surface area contributed by atoms with Crippen LogP contribution in [0.2, 0.25) is 10.0 Å². The number of nitrogens with zero attached hydrogens (tertiary/aromatic N) is 2. The van der Waals surface area contributed by atoms with Crippen LogP contribution in [0.4, 0.5) is 5.82 Å². The fourth-order valence-corrected chi connectivity index (χ4v) is 3.33. The number of carbonyl (C=O) groups excluding carboxylic acids is 1. The highest BCUT2D eigenvalue weighted by atomic mass is 79.9. The number of anilines is 1. The van der Waals surface area contributed by atoms with E-state index in [0.717, 1.165) is 10.0 Å². The van der Waals surface area contributed by atoms with Crippen molar-refractivity contribution in [2.24, 2.45) is 0 Å².